The third kappa shape index (κ3) is 2.53. The van der Waals surface area contributed by atoms with Crippen molar-refractivity contribution >= 4 is 5.69 Å². The zero-order chi connectivity index (χ0) is 11.5. The lowest BCUT2D eigenvalue weighted by Crippen LogP contribution is -2.22. The highest BCUT2D eigenvalue weighted by Crippen LogP contribution is 2.33. The molecular weight excluding hydrogens is 192 g/mol. The van der Waals surface area contributed by atoms with Crippen LogP contribution in [0.15, 0.2) is 24.3 Å². The molecule has 0 aliphatic rings. The normalized spacial score (nSPS) is 11.4. The van der Waals surface area contributed by atoms with Crippen LogP contribution in [-0.4, -0.2) is 11.5 Å². The quantitative estimate of drug-likeness (QED) is 0.609. The van der Waals surface area contributed by atoms with Crippen molar-refractivity contribution in [3.05, 3.63) is 39.9 Å². The molecule has 0 saturated heterocycles. The second kappa shape index (κ2) is 4.40. The van der Waals surface area contributed by atoms with E-state index in [1.807, 2.05) is 19.9 Å². The lowest BCUT2D eigenvalue weighted by atomic mass is 9.81. The van der Waals surface area contributed by atoms with Crippen molar-refractivity contribution in [1.82, 2.24) is 0 Å². The smallest absolute Gasteiger partial charge is 0.273 e. The summed E-state index contributed by atoms with van der Waals surface area (Å²) in [6.45, 7) is 4.48. The highest BCUT2D eigenvalue weighted by Gasteiger charge is 2.27. The van der Waals surface area contributed by atoms with Gasteiger partial charge in [-0.15, -0.1) is 0 Å². The molecule has 4 heteroatoms. The molecule has 0 amide bonds. The number of nitro groups is 1. The molecule has 1 aromatic carbocycles. The first-order valence-electron chi connectivity index (χ1n) is 4.93. The van der Waals surface area contributed by atoms with Gasteiger partial charge in [0, 0.05) is 11.6 Å². The van der Waals surface area contributed by atoms with Crippen LogP contribution >= 0.6 is 0 Å². The van der Waals surface area contributed by atoms with Crippen molar-refractivity contribution in [1.29, 1.82) is 0 Å². The maximum absolute atomic E-state index is 10.8. The predicted molar refractivity (Wildman–Crippen MR) is 59.8 cm³/mol. The largest absolute Gasteiger partial charge is 0.330 e. The molecule has 0 bridgehead atoms. The van der Waals surface area contributed by atoms with Gasteiger partial charge < -0.3 is 5.73 Å². The molecule has 0 saturated carbocycles. The third-order valence-corrected chi connectivity index (χ3v) is 2.60. The lowest BCUT2D eigenvalue weighted by Gasteiger charge is -2.23. The van der Waals surface area contributed by atoms with Crippen molar-refractivity contribution < 1.29 is 4.92 Å². The van der Waals surface area contributed by atoms with E-state index in [1.54, 1.807) is 12.1 Å². The minimum absolute atomic E-state index is 0.177. The number of hydrogen-bond donors (Lipinski definition) is 1. The Labute approximate surface area is 89.2 Å². The summed E-state index contributed by atoms with van der Waals surface area (Å²) in [4.78, 5) is 10.5. The van der Waals surface area contributed by atoms with E-state index >= 15 is 0 Å². The maximum Gasteiger partial charge on any atom is 0.273 e. The topological polar surface area (TPSA) is 69.2 Å². The molecule has 0 heterocycles. The Balaban J connectivity index is 3.18. The van der Waals surface area contributed by atoms with E-state index in [-0.39, 0.29) is 16.0 Å². The molecule has 0 spiro atoms. The Morgan fingerprint density at radius 2 is 2.00 bits per heavy atom. The van der Waals surface area contributed by atoms with E-state index in [0.29, 0.717) is 6.54 Å². The predicted octanol–water partition coefficient (Wildman–Crippen LogP) is 2.22. The monoisotopic (exact) mass is 208 g/mol. The lowest BCUT2D eigenvalue weighted by molar-refractivity contribution is -0.386. The molecule has 0 radical (unpaired) electrons. The number of para-hydroxylation sites is 1. The Bertz CT molecular complexity index is 361. The number of rotatable bonds is 4. The highest BCUT2D eigenvalue weighted by molar-refractivity contribution is 5.44. The molecule has 82 valence electrons. The fourth-order valence-corrected chi connectivity index (χ4v) is 1.70. The zero-order valence-corrected chi connectivity index (χ0v) is 9.06. The molecule has 2 N–H and O–H groups in total. The summed E-state index contributed by atoms with van der Waals surface area (Å²) in [5.74, 6) is 0. The number of nitrogens with zero attached hydrogens (tertiary/aromatic N) is 1. The Kier molecular flexibility index (Phi) is 3.42. The highest BCUT2D eigenvalue weighted by atomic mass is 16.6. The van der Waals surface area contributed by atoms with Crippen LogP contribution in [0.5, 0.6) is 0 Å². The van der Waals surface area contributed by atoms with Crippen LogP contribution in [0.2, 0.25) is 0 Å². The second-order valence-electron chi connectivity index (χ2n) is 4.20. The van der Waals surface area contributed by atoms with Gasteiger partial charge in [-0.1, -0.05) is 32.0 Å². The van der Waals surface area contributed by atoms with E-state index in [1.165, 1.54) is 6.07 Å². The van der Waals surface area contributed by atoms with Crippen molar-refractivity contribution in [2.24, 2.45) is 5.73 Å². The van der Waals surface area contributed by atoms with Crippen molar-refractivity contribution in [3.8, 4) is 0 Å². The van der Waals surface area contributed by atoms with Crippen LogP contribution in [0.1, 0.15) is 25.8 Å². The van der Waals surface area contributed by atoms with E-state index in [0.717, 1.165) is 12.0 Å². The maximum atomic E-state index is 10.8. The molecule has 15 heavy (non-hydrogen) atoms. The summed E-state index contributed by atoms with van der Waals surface area (Å²) in [7, 11) is 0. The summed E-state index contributed by atoms with van der Waals surface area (Å²) in [5.41, 5.74) is 6.18. The fourth-order valence-electron chi connectivity index (χ4n) is 1.70. The minimum Gasteiger partial charge on any atom is -0.330 e. The van der Waals surface area contributed by atoms with Crippen molar-refractivity contribution in [3.63, 3.8) is 0 Å². The van der Waals surface area contributed by atoms with Crippen LogP contribution in [0.3, 0.4) is 0 Å². The summed E-state index contributed by atoms with van der Waals surface area (Å²) >= 11 is 0. The van der Waals surface area contributed by atoms with Gasteiger partial charge in [0.25, 0.3) is 5.69 Å². The zero-order valence-electron chi connectivity index (χ0n) is 9.06. The summed E-state index contributed by atoms with van der Waals surface area (Å²) < 4.78 is 0. The molecule has 0 atom stereocenters. The molecule has 0 aliphatic heterocycles. The van der Waals surface area contributed by atoms with Crippen molar-refractivity contribution in [2.45, 2.75) is 25.7 Å². The average molecular weight is 208 g/mol. The van der Waals surface area contributed by atoms with Gasteiger partial charge in [0.15, 0.2) is 0 Å². The van der Waals surface area contributed by atoms with E-state index < -0.39 is 0 Å². The summed E-state index contributed by atoms with van der Waals surface area (Å²) in [6, 6.07) is 6.84. The van der Waals surface area contributed by atoms with Gasteiger partial charge in [-0.25, -0.2) is 0 Å². The van der Waals surface area contributed by atoms with E-state index in [4.69, 9.17) is 5.73 Å². The molecular formula is C11H16N2O2. The number of nitro benzene ring substituents is 1. The summed E-state index contributed by atoms with van der Waals surface area (Å²) in [6.07, 6.45) is 0.734. The van der Waals surface area contributed by atoms with Crippen LogP contribution in [0.25, 0.3) is 0 Å². The van der Waals surface area contributed by atoms with Crippen LogP contribution in [0, 0.1) is 10.1 Å². The molecule has 4 nitrogen and oxygen atoms in total. The fraction of sp³-hybridized carbons (Fsp3) is 0.455. The second-order valence-corrected chi connectivity index (χ2v) is 4.20. The van der Waals surface area contributed by atoms with E-state index in [2.05, 4.69) is 0 Å². The van der Waals surface area contributed by atoms with Gasteiger partial charge in [0.1, 0.15) is 0 Å². The minimum atomic E-state index is -0.340. The van der Waals surface area contributed by atoms with Gasteiger partial charge >= 0.3 is 0 Å². The first-order valence-corrected chi connectivity index (χ1v) is 4.93. The average Bonchev–Trinajstić information content (AvgIpc) is 2.17. The van der Waals surface area contributed by atoms with Crippen molar-refractivity contribution in [2.75, 3.05) is 6.54 Å². The van der Waals surface area contributed by atoms with Gasteiger partial charge in [0.2, 0.25) is 0 Å². The number of nitrogens with two attached hydrogens (primary N) is 1. The van der Waals surface area contributed by atoms with Gasteiger partial charge in [-0.3, -0.25) is 10.1 Å². The summed E-state index contributed by atoms with van der Waals surface area (Å²) in [5, 5.41) is 10.8. The van der Waals surface area contributed by atoms with Gasteiger partial charge in [-0.2, -0.15) is 0 Å². The Morgan fingerprint density at radius 1 is 1.40 bits per heavy atom. The SMILES string of the molecule is CC(C)(CCN)c1ccccc1[N+](=O)[O-]. The molecule has 0 fully saturated rings. The van der Waals surface area contributed by atoms with Crippen LogP contribution < -0.4 is 5.73 Å². The van der Waals surface area contributed by atoms with Gasteiger partial charge in [0.05, 0.1) is 4.92 Å². The van der Waals surface area contributed by atoms with Gasteiger partial charge in [-0.05, 0) is 18.4 Å². The first-order chi connectivity index (χ1) is 6.99. The van der Waals surface area contributed by atoms with Crippen LogP contribution in [-0.2, 0) is 5.41 Å². The van der Waals surface area contributed by atoms with E-state index in [9.17, 15) is 10.1 Å². The Hall–Kier alpha value is -1.42. The standard InChI is InChI=1S/C11H16N2O2/c1-11(2,7-8-12)9-5-3-4-6-10(9)13(14)15/h3-6H,7-8,12H2,1-2H3. The molecule has 0 aromatic heterocycles. The third-order valence-electron chi connectivity index (χ3n) is 2.60. The molecule has 0 unspecified atom stereocenters. The Morgan fingerprint density at radius 3 is 2.53 bits per heavy atom. The molecule has 0 aliphatic carbocycles. The molecule has 1 rings (SSSR count). The van der Waals surface area contributed by atoms with Crippen LogP contribution in [0.4, 0.5) is 5.69 Å². The molecule has 1 aromatic rings. The number of benzene rings is 1. The number of hydrogen-bond acceptors (Lipinski definition) is 3. The first kappa shape index (κ1) is 11.7.